The van der Waals surface area contributed by atoms with Gasteiger partial charge in [-0.15, -0.1) is 0 Å². The highest BCUT2D eigenvalue weighted by molar-refractivity contribution is 5.62. The highest BCUT2D eigenvalue weighted by Gasteiger charge is 2.18. The maximum absolute atomic E-state index is 13.6. The fourth-order valence-corrected chi connectivity index (χ4v) is 2.83. The van der Waals surface area contributed by atoms with Crippen LogP contribution in [-0.4, -0.2) is 21.5 Å². The first-order valence-electron chi connectivity index (χ1n) is 7.55. The molecule has 2 aromatic carbocycles. The molecule has 2 heterocycles. The molecule has 122 valence electrons. The van der Waals surface area contributed by atoms with E-state index in [1.807, 2.05) is 35.9 Å². The van der Waals surface area contributed by atoms with Crippen LogP contribution in [0.4, 0.5) is 4.39 Å². The molecular weight excluding hydrogens is 311 g/mol. The fraction of sp³-hybridized carbons (Fsp3) is 0.167. The second kappa shape index (κ2) is 5.56. The van der Waals surface area contributed by atoms with Crippen molar-refractivity contribution in [3.8, 4) is 28.6 Å². The van der Waals surface area contributed by atoms with Crippen LogP contribution in [0.15, 0.2) is 48.8 Å². The van der Waals surface area contributed by atoms with Crippen LogP contribution in [0.5, 0.6) is 17.2 Å². The zero-order valence-corrected chi connectivity index (χ0v) is 12.9. The van der Waals surface area contributed by atoms with Gasteiger partial charge in [0.05, 0.1) is 6.04 Å². The van der Waals surface area contributed by atoms with Gasteiger partial charge >= 0.3 is 0 Å². The molecule has 1 atom stereocenters. The number of fused-ring (bicyclic) bond motifs is 1. The van der Waals surface area contributed by atoms with E-state index < -0.39 is 5.82 Å². The lowest BCUT2D eigenvalue weighted by molar-refractivity contribution is 0.174. The molecule has 24 heavy (non-hydrogen) atoms. The van der Waals surface area contributed by atoms with Gasteiger partial charge in [0.25, 0.3) is 0 Å². The number of hydrogen-bond acceptors (Lipinski definition) is 4. The van der Waals surface area contributed by atoms with Crippen LogP contribution < -0.4 is 9.47 Å². The number of nitrogens with zero attached hydrogens (tertiary/aromatic N) is 2. The molecule has 1 N–H and O–H groups in total. The van der Waals surface area contributed by atoms with Gasteiger partial charge in [0, 0.05) is 18.0 Å². The van der Waals surface area contributed by atoms with Crippen LogP contribution in [-0.2, 0) is 0 Å². The topological polar surface area (TPSA) is 56.5 Å². The van der Waals surface area contributed by atoms with Crippen molar-refractivity contribution in [2.24, 2.45) is 0 Å². The Kier molecular flexibility index (Phi) is 3.37. The average molecular weight is 326 g/mol. The number of hydrogen-bond donors (Lipinski definition) is 1. The Balaban J connectivity index is 1.73. The molecule has 0 unspecified atom stereocenters. The first-order chi connectivity index (χ1) is 11.6. The second-order valence-corrected chi connectivity index (χ2v) is 5.61. The predicted molar refractivity (Wildman–Crippen MR) is 85.7 cm³/mol. The van der Waals surface area contributed by atoms with E-state index in [1.165, 1.54) is 12.1 Å². The molecule has 0 radical (unpaired) electrons. The summed E-state index contributed by atoms with van der Waals surface area (Å²) >= 11 is 0. The molecule has 0 bridgehead atoms. The summed E-state index contributed by atoms with van der Waals surface area (Å²) in [7, 11) is 0. The number of imidazole rings is 1. The van der Waals surface area contributed by atoms with E-state index in [0.29, 0.717) is 11.5 Å². The first kappa shape index (κ1) is 14.6. The Labute approximate surface area is 137 Å². The van der Waals surface area contributed by atoms with E-state index in [4.69, 9.17) is 9.47 Å². The Morgan fingerprint density at radius 2 is 2.00 bits per heavy atom. The molecule has 0 spiro atoms. The van der Waals surface area contributed by atoms with Gasteiger partial charge in [-0.25, -0.2) is 9.37 Å². The van der Waals surface area contributed by atoms with Crippen LogP contribution in [0.2, 0.25) is 0 Å². The van der Waals surface area contributed by atoms with Gasteiger partial charge in [0.15, 0.2) is 23.1 Å². The summed E-state index contributed by atoms with van der Waals surface area (Å²) in [5.41, 5.74) is 1.63. The van der Waals surface area contributed by atoms with E-state index in [-0.39, 0.29) is 18.6 Å². The van der Waals surface area contributed by atoms with E-state index >= 15 is 0 Å². The molecule has 1 aromatic heterocycles. The Hall–Kier alpha value is -3.02. The molecule has 1 aliphatic heterocycles. The van der Waals surface area contributed by atoms with E-state index in [0.717, 1.165) is 17.0 Å². The van der Waals surface area contributed by atoms with Crippen LogP contribution in [0.25, 0.3) is 11.4 Å². The summed E-state index contributed by atoms with van der Waals surface area (Å²) in [6.07, 6.45) is 3.54. The number of phenols is 1. The summed E-state index contributed by atoms with van der Waals surface area (Å²) in [5, 5.41) is 9.36. The monoisotopic (exact) mass is 326 g/mol. The highest BCUT2D eigenvalue weighted by atomic mass is 19.1. The van der Waals surface area contributed by atoms with E-state index in [1.54, 1.807) is 12.3 Å². The number of aromatic hydroxyl groups is 1. The zero-order valence-electron chi connectivity index (χ0n) is 12.9. The van der Waals surface area contributed by atoms with Crippen molar-refractivity contribution in [1.82, 2.24) is 9.55 Å². The molecule has 6 heteroatoms. The average Bonchev–Trinajstić information content (AvgIpc) is 3.24. The van der Waals surface area contributed by atoms with Gasteiger partial charge in [0.2, 0.25) is 6.79 Å². The van der Waals surface area contributed by atoms with Crippen molar-refractivity contribution in [3.63, 3.8) is 0 Å². The van der Waals surface area contributed by atoms with Gasteiger partial charge in [-0.1, -0.05) is 6.07 Å². The van der Waals surface area contributed by atoms with Gasteiger partial charge in [-0.3, -0.25) is 0 Å². The molecule has 1 aliphatic rings. The first-order valence-corrected chi connectivity index (χ1v) is 7.55. The number of benzene rings is 2. The van der Waals surface area contributed by atoms with Crippen LogP contribution in [0, 0.1) is 5.82 Å². The molecule has 5 nitrogen and oxygen atoms in total. The Morgan fingerprint density at radius 3 is 2.83 bits per heavy atom. The van der Waals surface area contributed by atoms with Crippen molar-refractivity contribution >= 4 is 0 Å². The fourth-order valence-electron chi connectivity index (χ4n) is 2.83. The van der Waals surface area contributed by atoms with Gasteiger partial charge in [-0.05, 0) is 42.8 Å². The lowest BCUT2D eigenvalue weighted by Gasteiger charge is -2.17. The number of rotatable bonds is 3. The third-order valence-corrected chi connectivity index (χ3v) is 4.17. The van der Waals surface area contributed by atoms with Crippen molar-refractivity contribution in [3.05, 3.63) is 60.2 Å². The van der Waals surface area contributed by atoms with Crippen molar-refractivity contribution in [2.75, 3.05) is 6.79 Å². The molecular formula is C18H15FN2O3. The molecule has 0 aliphatic carbocycles. The summed E-state index contributed by atoms with van der Waals surface area (Å²) in [6.45, 7) is 2.17. The maximum Gasteiger partial charge on any atom is 0.231 e. The Bertz CT molecular complexity index is 907. The summed E-state index contributed by atoms with van der Waals surface area (Å²) in [4.78, 5) is 4.42. The third-order valence-electron chi connectivity index (χ3n) is 4.17. The summed E-state index contributed by atoms with van der Waals surface area (Å²) < 4.78 is 26.3. The van der Waals surface area contributed by atoms with Gasteiger partial charge in [0.1, 0.15) is 5.82 Å². The quantitative estimate of drug-likeness (QED) is 0.797. The molecule has 3 aromatic rings. The number of halogens is 1. The van der Waals surface area contributed by atoms with Crippen LogP contribution in [0.1, 0.15) is 18.5 Å². The van der Waals surface area contributed by atoms with Gasteiger partial charge in [-0.2, -0.15) is 0 Å². The standard InChI is InChI=1S/C18H15FN2O3/c1-11(12-2-4-15(22)14(19)8-12)21-7-6-20-18(21)13-3-5-16-17(9-13)24-10-23-16/h2-9,11,22H,10H2,1H3/t11-/m0/s1. The molecule has 4 rings (SSSR count). The second-order valence-electron chi connectivity index (χ2n) is 5.61. The van der Waals surface area contributed by atoms with Crippen LogP contribution in [0.3, 0.4) is 0 Å². The third kappa shape index (κ3) is 2.36. The predicted octanol–water partition coefficient (Wildman–Crippen LogP) is 3.73. The van der Waals surface area contributed by atoms with Gasteiger partial charge < -0.3 is 19.1 Å². The normalized spacial score (nSPS) is 13.9. The highest BCUT2D eigenvalue weighted by Crippen LogP contribution is 2.36. The zero-order chi connectivity index (χ0) is 16.7. The van der Waals surface area contributed by atoms with E-state index in [9.17, 15) is 9.50 Å². The molecule has 0 fully saturated rings. The largest absolute Gasteiger partial charge is 0.505 e. The minimum absolute atomic E-state index is 0.150. The minimum atomic E-state index is -0.635. The van der Waals surface area contributed by atoms with Crippen molar-refractivity contribution in [1.29, 1.82) is 0 Å². The summed E-state index contributed by atoms with van der Waals surface area (Å²) in [6, 6.07) is 9.89. The Morgan fingerprint density at radius 1 is 1.17 bits per heavy atom. The lowest BCUT2D eigenvalue weighted by atomic mass is 10.1. The lowest BCUT2D eigenvalue weighted by Crippen LogP contribution is -2.08. The number of ether oxygens (including phenoxy) is 2. The molecule has 0 saturated carbocycles. The van der Waals surface area contributed by atoms with Crippen molar-refractivity contribution in [2.45, 2.75) is 13.0 Å². The van der Waals surface area contributed by atoms with Crippen molar-refractivity contribution < 1.29 is 19.0 Å². The van der Waals surface area contributed by atoms with Crippen LogP contribution >= 0.6 is 0 Å². The van der Waals surface area contributed by atoms with E-state index in [2.05, 4.69) is 4.98 Å². The SMILES string of the molecule is C[C@@H](c1ccc(O)c(F)c1)n1ccnc1-c1ccc2c(c1)OCO2. The molecule has 0 saturated heterocycles. The maximum atomic E-state index is 13.6. The minimum Gasteiger partial charge on any atom is -0.505 e. The summed E-state index contributed by atoms with van der Waals surface area (Å²) in [5.74, 6) is 1.15. The molecule has 0 amide bonds. The number of aromatic nitrogens is 2. The smallest absolute Gasteiger partial charge is 0.231 e. The number of phenolic OH excluding ortho intramolecular Hbond substituents is 1.